The summed E-state index contributed by atoms with van der Waals surface area (Å²) in [6.45, 7) is 3.55. The quantitative estimate of drug-likeness (QED) is 0.266. The molecular formula is C28H33F5N6O4. The zero-order chi connectivity index (χ0) is 30.9. The van der Waals surface area contributed by atoms with Gasteiger partial charge in [-0.15, -0.1) is 0 Å². The second-order valence-corrected chi connectivity index (χ2v) is 11.6. The molecule has 5 rings (SSSR count). The minimum atomic E-state index is -4.43. The Morgan fingerprint density at radius 2 is 1.81 bits per heavy atom. The van der Waals surface area contributed by atoms with Gasteiger partial charge in [-0.25, -0.2) is 18.3 Å². The van der Waals surface area contributed by atoms with Crippen LogP contribution >= 0.6 is 0 Å². The Kier molecular flexibility index (Phi) is 8.61. The maximum atomic E-state index is 14.0. The van der Waals surface area contributed by atoms with Crippen molar-refractivity contribution in [3.05, 3.63) is 41.7 Å². The molecule has 0 radical (unpaired) electrons. The number of nitrogens with one attached hydrogen (secondary N) is 2. The van der Waals surface area contributed by atoms with Crippen molar-refractivity contribution in [3.63, 3.8) is 0 Å². The monoisotopic (exact) mass is 612 g/mol. The highest BCUT2D eigenvalue weighted by Gasteiger charge is 2.40. The van der Waals surface area contributed by atoms with Gasteiger partial charge in [0.05, 0.1) is 42.7 Å². The van der Waals surface area contributed by atoms with E-state index in [1.165, 1.54) is 17.0 Å². The van der Waals surface area contributed by atoms with Gasteiger partial charge in [0, 0.05) is 19.3 Å². The number of imidazole rings is 1. The van der Waals surface area contributed by atoms with E-state index in [-0.39, 0.29) is 55.1 Å². The van der Waals surface area contributed by atoms with E-state index in [9.17, 15) is 31.5 Å². The van der Waals surface area contributed by atoms with E-state index in [4.69, 9.17) is 9.26 Å². The molecule has 43 heavy (non-hydrogen) atoms. The Labute approximate surface area is 243 Å². The van der Waals surface area contributed by atoms with Gasteiger partial charge in [0.2, 0.25) is 17.5 Å². The van der Waals surface area contributed by atoms with Crippen molar-refractivity contribution in [1.29, 1.82) is 0 Å². The Balaban J connectivity index is 1.40. The van der Waals surface area contributed by atoms with Crippen molar-refractivity contribution in [3.8, 4) is 5.75 Å². The third-order valence-electron chi connectivity index (χ3n) is 7.72. The van der Waals surface area contributed by atoms with Gasteiger partial charge in [-0.3, -0.25) is 9.59 Å². The first-order valence-electron chi connectivity index (χ1n) is 14.3. The van der Waals surface area contributed by atoms with Crippen LogP contribution in [0, 0.1) is 11.8 Å². The third kappa shape index (κ3) is 7.79. The predicted octanol–water partition coefficient (Wildman–Crippen LogP) is 5.71. The molecule has 3 aromatic heterocycles. The molecule has 0 bridgehead atoms. The fourth-order valence-electron chi connectivity index (χ4n) is 5.39. The molecule has 0 spiro atoms. The number of carbonyl (C=O) groups is 2. The zero-order valence-corrected chi connectivity index (χ0v) is 23.7. The molecule has 10 nitrogen and oxygen atoms in total. The lowest BCUT2D eigenvalue weighted by atomic mass is 9.81. The van der Waals surface area contributed by atoms with Gasteiger partial charge in [0.1, 0.15) is 0 Å². The molecule has 2 fully saturated rings. The Morgan fingerprint density at radius 1 is 1.12 bits per heavy atom. The molecule has 3 heterocycles. The maximum Gasteiger partial charge on any atom is 0.389 e. The van der Waals surface area contributed by atoms with Crippen molar-refractivity contribution >= 4 is 17.5 Å². The number of fused-ring (bicyclic) bond motifs is 1. The summed E-state index contributed by atoms with van der Waals surface area (Å²) in [4.78, 5) is 30.3. The molecule has 2 aliphatic carbocycles. The largest absolute Gasteiger partial charge is 0.485 e. The van der Waals surface area contributed by atoms with E-state index in [2.05, 4.69) is 25.9 Å². The van der Waals surface area contributed by atoms with Crippen LogP contribution in [0.3, 0.4) is 0 Å². The minimum Gasteiger partial charge on any atom is -0.485 e. The average molecular weight is 613 g/mol. The highest BCUT2D eigenvalue weighted by Crippen LogP contribution is 2.43. The number of hydrogen-bond acceptors (Lipinski definition) is 7. The fraction of sp³-hybridized carbons (Fsp3) is 0.607. The van der Waals surface area contributed by atoms with Gasteiger partial charge >= 0.3 is 6.18 Å². The smallest absolute Gasteiger partial charge is 0.389 e. The fourth-order valence-corrected chi connectivity index (χ4v) is 5.39. The molecule has 0 aliphatic heterocycles. The van der Waals surface area contributed by atoms with Crippen molar-refractivity contribution < 1.29 is 40.8 Å². The van der Waals surface area contributed by atoms with Crippen molar-refractivity contribution in [2.75, 3.05) is 0 Å². The van der Waals surface area contributed by atoms with Crippen LogP contribution in [0.4, 0.5) is 22.0 Å². The van der Waals surface area contributed by atoms with Crippen LogP contribution in [0.25, 0.3) is 5.65 Å². The van der Waals surface area contributed by atoms with Crippen LogP contribution in [0.2, 0.25) is 0 Å². The number of amides is 2. The van der Waals surface area contributed by atoms with Crippen molar-refractivity contribution in [2.24, 2.45) is 11.8 Å². The van der Waals surface area contributed by atoms with Crippen molar-refractivity contribution in [1.82, 2.24) is 30.4 Å². The second kappa shape index (κ2) is 12.1. The van der Waals surface area contributed by atoms with Crippen LogP contribution in [-0.4, -0.2) is 49.8 Å². The van der Waals surface area contributed by atoms with Crippen LogP contribution in [0.15, 0.2) is 29.2 Å². The topological polar surface area (TPSA) is 124 Å². The number of rotatable bonds is 11. The molecule has 3 aromatic rings. The number of halogens is 5. The van der Waals surface area contributed by atoms with Crippen LogP contribution in [0.5, 0.6) is 5.75 Å². The number of carbonyl (C=O) groups excluding carboxylic acids is 2. The summed E-state index contributed by atoms with van der Waals surface area (Å²) >= 11 is 0. The molecule has 234 valence electrons. The molecule has 2 saturated carbocycles. The van der Waals surface area contributed by atoms with Crippen LogP contribution < -0.4 is 15.4 Å². The van der Waals surface area contributed by atoms with E-state index < -0.39 is 48.8 Å². The third-order valence-corrected chi connectivity index (χ3v) is 7.72. The number of aromatic nitrogens is 4. The molecular weight excluding hydrogens is 579 g/mol. The summed E-state index contributed by atoms with van der Waals surface area (Å²) in [6, 6.07) is 0.392. The second-order valence-electron chi connectivity index (χ2n) is 11.6. The lowest BCUT2D eigenvalue weighted by Crippen LogP contribution is -2.37. The number of ether oxygens (including phenoxy) is 1. The van der Waals surface area contributed by atoms with Gasteiger partial charge in [-0.05, 0) is 63.0 Å². The summed E-state index contributed by atoms with van der Waals surface area (Å²) in [6.07, 6.45) is -1.01. The lowest BCUT2D eigenvalue weighted by molar-refractivity contribution is -0.144. The normalized spacial score (nSPS) is 18.9. The molecule has 2 atom stereocenters. The lowest BCUT2D eigenvalue weighted by Gasteiger charge is -2.33. The Hall–Kier alpha value is -3.78. The number of hydrogen-bond donors (Lipinski definition) is 2. The molecule has 2 amide bonds. The van der Waals surface area contributed by atoms with Gasteiger partial charge in [0.15, 0.2) is 17.7 Å². The van der Waals surface area contributed by atoms with E-state index in [0.717, 1.165) is 12.8 Å². The molecule has 0 unspecified atom stereocenters. The molecule has 15 heteroatoms. The SMILES string of the molecule is CC(C)Oc1conc1C(=O)N[C@H](c1cn2ncc([C@H](NC(=O)CCC(F)(F)F)C3CC3)cc2n1)C1CCC(F)(F)CC1. The minimum absolute atomic E-state index is 0.0641. The van der Waals surface area contributed by atoms with Crippen LogP contribution in [-0.2, 0) is 4.79 Å². The highest BCUT2D eigenvalue weighted by molar-refractivity contribution is 5.95. The molecule has 2 N–H and O–H groups in total. The van der Waals surface area contributed by atoms with Gasteiger partial charge < -0.3 is 19.9 Å². The van der Waals surface area contributed by atoms with Crippen molar-refractivity contribution in [2.45, 2.75) is 95.5 Å². The molecule has 2 aliphatic rings. The van der Waals surface area contributed by atoms with E-state index in [1.54, 1.807) is 26.1 Å². The first-order chi connectivity index (χ1) is 20.3. The first kappa shape index (κ1) is 30.7. The molecule has 0 saturated heterocycles. The summed E-state index contributed by atoms with van der Waals surface area (Å²) < 4.78 is 77.9. The predicted molar refractivity (Wildman–Crippen MR) is 141 cm³/mol. The summed E-state index contributed by atoms with van der Waals surface area (Å²) in [5.41, 5.74) is 1.26. The molecule has 0 aromatic carbocycles. The summed E-state index contributed by atoms with van der Waals surface area (Å²) in [5, 5.41) is 13.8. The standard InChI is InChI=1S/C28H33F5N6O4/c1-15(2)43-20-14-42-38-25(20)26(41)37-24(17-5-8-27(29,30)9-6-17)19-13-39-21(35-19)11-18(12-34-39)23(16-3-4-16)36-22(40)7-10-28(31,32)33/h11-17,23-24H,3-10H2,1-2H3,(H,36,40)(H,37,41)/t23-,24+/m1/s1. The summed E-state index contributed by atoms with van der Waals surface area (Å²) in [5.74, 6) is -4.26. The van der Waals surface area contributed by atoms with Gasteiger partial charge in [-0.1, -0.05) is 5.16 Å². The van der Waals surface area contributed by atoms with Crippen LogP contribution in [0.1, 0.15) is 99.0 Å². The van der Waals surface area contributed by atoms with E-state index in [1.807, 2.05) is 0 Å². The maximum absolute atomic E-state index is 14.0. The Morgan fingerprint density at radius 3 is 2.47 bits per heavy atom. The van der Waals surface area contributed by atoms with Gasteiger partial charge in [0.25, 0.3) is 5.91 Å². The summed E-state index contributed by atoms with van der Waals surface area (Å²) in [7, 11) is 0. The highest BCUT2D eigenvalue weighted by atomic mass is 19.4. The van der Waals surface area contributed by atoms with E-state index in [0.29, 0.717) is 16.9 Å². The number of alkyl halides is 5. The first-order valence-corrected chi connectivity index (χ1v) is 14.3. The average Bonchev–Trinajstić information content (AvgIpc) is 3.51. The Bertz CT molecular complexity index is 1440. The van der Waals surface area contributed by atoms with E-state index >= 15 is 0 Å². The number of nitrogens with zero attached hydrogens (tertiary/aromatic N) is 4. The van der Waals surface area contributed by atoms with Gasteiger partial charge in [-0.2, -0.15) is 18.3 Å². The zero-order valence-electron chi connectivity index (χ0n) is 23.7.